The van der Waals surface area contributed by atoms with Gasteiger partial charge in [-0.15, -0.1) is 0 Å². The van der Waals surface area contributed by atoms with Gasteiger partial charge in [0, 0.05) is 5.69 Å². The first-order valence-corrected chi connectivity index (χ1v) is 6.00. The Morgan fingerprint density at radius 2 is 2.14 bits per heavy atom. The van der Waals surface area contributed by atoms with Crippen LogP contribution in [0.25, 0.3) is 0 Å². The number of nitrogens with zero attached hydrogens (tertiary/aromatic N) is 1. The van der Waals surface area contributed by atoms with Crippen LogP contribution in [0.1, 0.15) is 15.9 Å². The van der Waals surface area contributed by atoms with Gasteiger partial charge in [0.2, 0.25) is 0 Å². The molecule has 0 unspecified atom stereocenters. The van der Waals surface area contributed by atoms with E-state index in [1.807, 2.05) is 0 Å². The van der Waals surface area contributed by atoms with Crippen LogP contribution in [0.15, 0.2) is 36.4 Å². The van der Waals surface area contributed by atoms with Crippen LogP contribution in [-0.4, -0.2) is 13.0 Å². The van der Waals surface area contributed by atoms with Gasteiger partial charge >= 0.3 is 0 Å². The summed E-state index contributed by atoms with van der Waals surface area (Å²) in [6, 6.07) is 10.3. The van der Waals surface area contributed by atoms with Gasteiger partial charge in [-0.1, -0.05) is 6.07 Å². The minimum atomic E-state index is -0.700. The fraction of sp³-hybridized carbons (Fsp3) is 0.0667. The third-order valence-corrected chi connectivity index (χ3v) is 2.88. The summed E-state index contributed by atoms with van der Waals surface area (Å²) in [5.41, 5.74) is 6.04. The quantitative estimate of drug-likeness (QED) is 0.848. The summed E-state index contributed by atoms with van der Waals surface area (Å²) in [7, 11) is 1.47. The van der Waals surface area contributed by atoms with Crippen molar-refractivity contribution in [1.82, 2.24) is 0 Å². The molecule has 0 heterocycles. The Morgan fingerprint density at radius 1 is 1.38 bits per heavy atom. The lowest BCUT2D eigenvalue weighted by atomic mass is 10.1. The average Bonchev–Trinajstić information content (AvgIpc) is 2.48. The second-order valence-electron chi connectivity index (χ2n) is 4.18. The summed E-state index contributed by atoms with van der Waals surface area (Å²) < 4.78 is 18.5. The summed E-state index contributed by atoms with van der Waals surface area (Å²) in [5, 5.41) is 11.4. The third kappa shape index (κ3) is 2.92. The maximum Gasteiger partial charge on any atom is 0.257 e. The summed E-state index contributed by atoms with van der Waals surface area (Å²) in [4.78, 5) is 12.2. The molecule has 0 aromatic heterocycles. The molecule has 0 aliphatic rings. The zero-order valence-electron chi connectivity index (χ0n) is 11.2. The Labute approximate surface area is 120 Å². The number of rotatable bonds is 3. The number of amides is 1. The molecule has 0 atom stereocenters. The van der Waals surface area contributed by atoms with Crippen molar-refractivity contribution >= 4 is 17.3 Å². The van der Waals surface area contributed by atoms with Crippen LogP contribution >= 0.6 is 0 Å². The number of methoxy groups -OCH3 is 1. The number of carbonyl (C=O) groups excluding carboxylic acids is 1. The van der Waals surface area contributed by atoms with E-state index in [2.05, 4.69) is 5.32 Å². The van der Waals surface area contributed by atoms with Gasteiger partial charge in [0.25, 0.3) is 5.91 Å². The molecule has 0 spiro atoms. The van der Waals surface area contributed by atoms with E-state index in [0.29, 0.717) is 5.75 Å². The minimum absolute atomic E-state index is 0.0877. The minimum Gasteiger partial charge on any atom is -0.497 e. The number of anilines is 2. The van der Waals surface area contributed by atoms with Crippen molar-refractivity contribution in [3.63, 3.8) is 0 Å². The molecule has 1 amide bonds. The number of benzene rings is 2. The molecule has 0 saturated heterocycles. The number of ether oxygens (including phenoxy) is 1. The van der Waals surface area contributed by atoms with Crippen LogP contribution in [0.5, 0.6) is 5.75 Å². The van der Waals surface area contributed by atoms with Crippen molar-refractivity contribution in [2.24, 2.45) is 0 Å². The molecule has 106 valence electrons. The Hall–Kier alpha value is -3.07. The Bertz CT molecular complexity index is 738. The number of hydrogen-bond donors (Lipinski definition) is 2. The summed E-state index contributed by atoms with van der Waals surface area (Å²) in [6.07, 6.45) is 0. The van der Waals surface area contributed by atoms with Gasteiger partial charge in [0.1, 0.15) is 23.2 Å². The van der Waals surface area contributed by atoms with Gasteiger partial charge in [0.05, 0.1) is 18.4 Å². The molecule has 0 aliphatic heterocycles. The topological polar surface area (TPSA) is 88.1 Å². The molecule has 0 aliphatic carbocycles. The first kappa shape index (κ1) is 14.3. The summed E-state index contributed by atoms with van der Waals surface area (Å²) in [6.45, 7) is 0. The van der Waals surface area contributed by atoms with Gasteiger partial charge < -0.3 is 15.8 Å². The number of halogens is 1. The van der Waals surface area contributed by atoms with Crippen LogP contribution < -0.4 is 15.8 Å². The van der Waals surface area contributed by atoms with Crippen LogP contribution in [0.3, 0.4) is 0 Å². The lowest BCUT2D eigenvalue weighted by molar-refractivity contribution is 0.102. The molecule has 0 saturated carbocycles. The molecule has 6 heteroatoms. The largest absolute Gasteiger partial charge is 0.497 e. The summed E-state index contributed by atoms with van der Waals surface area (Å²) in [5.74, 6) is -0.781. The van der Waals surface area contributed by atoms with Crippen molar-refractivity contribution in [3.05, 3.63) is 53.3 Å². The number of carbonyl (C=O) groups is 1. The SMILES string of the molecule is COc1ccc(N)c(C(=O)Nc2cccc(F)c2C#N)c1. The van der Waals surface area contributed by atoms with Crippen molar-refractivity contribution in [1.29, 1.82) is 5.26 Å². The van der Waals surface area contributed by atoms with Crippen LogP contribution in [0, 0.1) is 17.1 Å². The van der Waals surface area contributed by atoms with E-state index < -0.39 is 11.7 Å². The molecule has 0 radical (unpaired) electrons. The number of nitrogens with one attached hydrogen (secondary N) is 1. The predicted octanol–water partition coefficient (Wildman–Crippen LogP) is 2.54. The standard InChI is InChI=1S/C15H12FN3O2/c1-21-9-5-6-13(18)10(7-9)15(20)19-14-4-2-3-12(16)11(14)8-17/h2-7H,18H2,1H3,(H,19,20). The highest BCUT2D eigenvalue weighted by Gasteiger charge is 2.15. The Morgan fingerprint density at radius 3 is 2.81 bits per heavy atom. The Balaban J connectivity index is 2.35. The number of nitriles is 1. The third-order valence-electron chi connectivity index (χ3n) is 2.88. The highest BCUT2D eigenvalue weighted by atomic mass is 19.1. The second-order valence-corrected chi connectivity index (χ2v) is 4.18. The van der Waals surface area contributed by atoms with Crippen molar-refractivity contribution < 1.29 is 13.9 Å². The zero-order chi connectivity index (χ0) is 15.4. The van der Waals surface area contributed by atoms with E-state index in [4.69, 9.17) is 15.7 Å². The normalized spacial score (nSPS) is 9.76. The highest BCUT2D eigenvalue weighted by Crippen LogP contribution is 2.23. The van der Waals surface area contributed by atoms with Gasteiger partial charge in [0.15, 0.2) is 0 Å². The molecule has 2 aromatic carbocycles. The molecular formula is C15H12FN3O2. The molecule has 2 aromatic rings. The summed E-state index contributed by atoms with van der Waals surface area (Å²) >= 11 is 0. The molecule has 0 bridgehead atoms. The van der Waals surface area contributed by atoms with Crippen molar-refractivity contribution in [2.45, 2.75) is 0 Å². The van der Waals surface area contributed by atoms with E-state index >= 15 is 0 Å². The van der Waals surface area contributed by atoms with Gasteiger partial charge in [-0.3, -0.25) is 4.79 Å². The second kappa shape index (κ2) is 5.92. The van der Waals surface area contributed by atoms with Gasteiger partial charge in [-0.25, -0.2) is 4.39 Å². The molecular weight excluding hydrogens is 273 g/mol. The van der Waals surface area contributed by atoms with E-state index in [0.717, 1.165) is 6.07 Å². The molecule has 0 fully saturated rings. The van der Waals surface area contributed by atoms with Gasteiger partial charge in [-0.2, -0.15) is 5.26 Å². The predicted molar refractivity (Wildman–Crippen MR) is 76.5 cm³/mol. The van der Waals surface area contributed by atoms with Crippen LogP contribution in [0.2, 0.25) is 0 Å². The smallest absolute Gasteiger partial charge is 0.257 e. The van der Waals surface area contributed by atoms with Crippen molar-refractivity contribution in [3.8, 4) is 11.8 Å². The zero-order valence-corrected chi connectivity index (χ0v) is 11.2. The average molecular weight is 285 g/mol. The maximum atomic E-state index is 13.5. The number of nitrogens with two attached hydrogens (primary N) is 1. The number of hydrogen-bond acceptors (Lipinski definition) is 4. The number of nitrogen functional groups attached to an aromatic ring is 1. The first-order chi connectivity index (χ1) is 10.1. The molecule has 21 heavy (non-hydrogen) atoms. The highest BCUT2D eigenvalue weighted by molar-refractivity contribution is 6.08. The van der Waals surface area contributed by atoms with E-state index in [9.17, 15) is 9.18 Å². The first-order valence-electron chi connectivity index (χ1n) is 6.00. The Kier molecular flexibility index (Phi) is 4.05. The van der Waals surface area contributed by atoms with Crippen LogP contribution in [0.4, 0.5) is 15.8 Å². The fourth-order valence-corrected chi connectivity index (χ4v) is 1.79. The lowest BCUT2D eigenvalue weighted by Crippen LogP contribution is -2.15. The lowest BCUT2D eigenvalue weighted by Gasteiger charge is -2.10. The van der Waals surface area contributed by atoms with Crippen molar-refractivity contribution in [2.75, 3.05) is 18.2 Å². The monoisotopic (exact) mass is 285 g/mol. The van der Waals surface area contributed by atoms with Crippen LogP contribution in [-0.2, 0) is 0 Å². The van der Waals surface area contributed by atoms with E-state index in [-0.39, 0.29) is 22.5 Å². The van der Waals surface area contributed by atoms with E-state index in [1.54, 1.807) is 12.1 Å². The fourth-order valence-electron chi connectivity index (χ4n) is 1.79. The molecule has 2 rings (SSSR count). The van der Waals surface area contributed by atoms with Gasteiger partial charge in [-0.05, 0) is 30.3 Å². The molecule has 5 nitrogen and oxygen atoms in total. The maximum absolute atomic E-state index is 13.5. The van der Waals surface area contributed by atoms with E-state index in [1.165, 1.54) is 31.4 Å². The molecule has 3 N–H and O–H groups in total.